The molecular weight excluding hydrogens is 447 g/mol. The molecule has 4 rings (SSSR count). The van der Waals surface area contributed by atoms with Gasteiger partial charge in [-0.15, -0.1) is 11.8 Å². The highest BCUT2D eigenvalue weighted by molar-refractivity contribution is 7.98. The fraction of sp³-hybridized carbons (Fsp3) is 0.625. The average molecular weight is 481 g/mol. The molecule has 0 amide bonds. The zero-order valence-electron chi connectivity index (χ0n) is 19.1. The van der Waals surface area contributed by atoms with Crippen LogP contribution < -0.4 is 9.64 Å². The van der Waals surface area contributed by atoms with Crippen molar-refractivity contribution in [3.63, 3.8) is 0 Å². The van der Waals surface area contributed by atoms with Gasteiger partial charge in [0.15, 0.2) is 0 Å². The maximum atomic E-state index is 13.5. The number of carbonyl (C=O) groups is 1. The Labute approximate surface area is 198 Å². The fourth-order valence-corrected chi connectivity index (χ4v) is 7.13. The van der Waals surface area contributed by atoms with E-state index < -0.39 is 11.8 Å². The van der Waals surface area contributed by atoms with Crippen LogP contribution in [0.15, 0.2) is 34.0 Å². The molecule has 32 heavy (non-hydrogen) atoms. The highest BCUT2D eigenvalue weighted by Gasteiger charge is 2.44. The number of unbranched alkanes of at least 4 members (excludes halogenated alkanes) is 1. The fourth-order valence-electron chi connectivity index (χ4n) is 5.54. The summed E-state index contributed by atoms with van der Waals surface area (Å²) in [6.07, 6.45) is 11.6. The van der Waals surface area contributed by atoms with E-state index in [4.69, 9.17) is 9.84 Å². The van der Waals surface area contributed by atoms with E-state index in [1.807, 2.05) is 12.3 Å². The Balaban J connectivity index is 1.71. The third-order valence-corrected chi connectivity index (χ3v) is 9.07. The molecule has 0 spiro atoms. The minimum atomic E-state index is -1.62. The van der Waals surface area contributed by atoms with E-state index in [0.29, 0.717) is 24.1 Å². The van der Waals surface area contributed by atoms with Crippen LogP contribution in [-0.2, 0) is 4.79 Å². The Bertz CT molecular complexity index is 881. The van der Waals surface area contributed by atoms with Crippen LogP contribution in [0.2, 0.25) is 0 Å². The van der Waals surface area contributed by atoms with Crippen LogP contribution in [0.25, 0.3) is 0 Å². The van der Waals surface area contributed by atoms with Gasteiger partial charge in [-0.3, -0.25) is 0 Å². The number of ether oxygens (including phenoxy) is 1. The first-order valence-electron chi connectivity index (χ1n) is 11.6. The lowest BCUT2D eigenvalue weighted by atomic mass is 9.92. The van der Waals surface area contributed by atoms with E-state index in [9.17, 15) is 9.18 Å². The maximum Gasteiger partial charge on any atom is 0.368 e. The van der Waals surface area contributed by atoms with Crippen LogP contribution in [0.5, 0.6) is 5.75 Å². The van der Waals surface area contributed by atoms with Crippen molar-refractivity contribution in [3.8, 4) is 5.75 Å². The van der Waals surface area contributed by atoms with Gasteiger partial charge in [0.05, 0.1) is 15.5 Å². The van der Waals surface area contributed by atoms with Crippen molar-refractivity contribution in [3.05, 3.63) is 24.2 Å². The van der Waals surface area contributed by atoms with E-state index in [1.54, 1.807) is 11.9 Å². The topological polar surface area (TPSA) is 53.0 Å². The number of thioether (sulfide) groups is 1. The molecule has 2 fully saturated rings. The van der Waals surface area contributed by atoms with E-state index in [2.05, 4.69) is 29.2 Å². The minimum absolute atomic E-state index is 0.456. The lowest BCUT2D eigenvalue weighted by Crippen LogP contribution is -2.45. The molecule has 176 valence electrons. The number of likely N-dealkylation sites (N-methyl/N-ethyl adjacent to an activating group) is 1. The van der Waals surface area contributed by atoms with E-state index >= 15 is 0 Å². The van der Waals surface area contributed by atoms with E-state index in [0.717, 1.165) is 34.6 Å². The van der Waals surface area contributed by atoms with Crippen LogP contribution in [0.1, 0.15) is 51.9 Å². The SMILES string of the molecule is CCCCC1CN(C2CC3CCC2C3)c2cc(SC)c(O/C=C(\F)C(=O)O)cc2SN1C. The Kier molecular flexibility index (Phi) is 7.62. The molecule has 2 bridgehead atoms. The van der Waals surface area contributed by atoms with Crippen molar-refractivity contribution in [2.75, 3.05) is 24.7 Å². The van der Waals surface area contributed by atoms with Gasteiger partial charge >= 0.3 is 5.97 Å². The first-order valence-corrected chi connectivity index (χ1v) is 13.6. The second kappa shape index (κ2) is 10.3. The summed E-state index contributed by atoms with van der Waals surface area (Å²) >= 11 is 3.26. The summed E-state index contributed by atoms with van der Waals surface area (Å²) in [7, 11) is 2.16. The molecule has 5 nitrogen and oxygen atoms in total. The summed E-state index contributed by atoms with van der Waals surface area (Å²) < 4.78 is 21.4. The average Bonchev–Trinajstić information content (AvgIpc) is 3.38. The van der Waals surface area contributed by atoms with Gasteiger partial charge in [0.1, 0.15) is 12.0 Å². The summed E-state index contributed by atoms with van der Waals surface area (Å²) in [5, 5.41) is 8.81. The monoisotopic (exact) mass is 480 g/mol. The van der Waals surface area contributed by atoms with Gasteiger partial charge in [0.25, 0.3) is 0 Å². The van der Waals surface area contributed by atoms with Crippen molar-refractivity contribution in [1.82, 2.24) is 4.31 Å². The second-order valence-electron chi connectivity index (χ2n) is 9.19. The third-order valence-electron chi connectivity index (χ3n) is 7.20. The largest absolute Gasteiger partial charge is 0.476 e. The number of carboxylic acid groups (broad SMARTS) is 1. The molecule has 1 aliphatic heterocycles. The molecule has 2 saturated carbocycles. The number of aliphatic carboxylic acids is 1. The number of halogens is 1. The second-order valence-corrected chi connectivity index (χ2v) is 11.2. The van der Waals surface area contributed by atoms with Crippen LogP contribution in [-0.4, -0.2) is 47.3 Å². The van der Waals surface area contributed by atoms with Crippen molar-refractivity contribution in [2.45, 2.75) is 73.7 Å². The van der Waals surface area contributed by atoms with Crippen LogP contribution in [0.4, 0.5) is 10.1 Å². The molecule has 0 saturated heterocycles. The lowest BCUT2D eigenvalue weighted by Gasteiger charge is -2.38. The third kappa shape index (κ3) is 4.92. The molecule has 1 aromatic carbocycles. The summed E-state index contributed by atoms with van der Waals surface area (Å²) in [5.74, 6) is -0.800. The number of fused-ring (bicyclic) bond motifs is 3. The number of rotatable bonds is 8. The Morgan fingerprint density at radius 3 is 2.81 bits per heavy atom. The van der Waals surface area contributed by atoms with Crippen molar-refractivity contribution in [1.29, 1.82) is 0 Å². The normalized spacial score (nSPS) is 28.0. The van der Waals surface area contributed by atoms with Gasteiger partial charge in [-0.05, 0) is 74.9 Å². The van der Waals surface area contributed by atoms with Crippen molar-refractivity contribution in [2.24, 2.45) is 11.8 Å². The molecule has 4 unspecified atom stereocenters. The summed E-state index contributed by atoms with van der Waals surface area (Å²) in [6.45, 7) is 3.26. The first-order chi connectivity index (χ1) is 15.4. The first kappa shape index (κ1) is 23.8. The van der Waals surface area contributed by atoms with Gasteiger partial charge in [-0.1, -0.05) is 26.2 Å². The number of nitrogens with zero attached hydrogens (tertiary/aromatic N) is 2. The Morgan fingerprint density at radius 1 is 1.38 bits per heavy atom. The minimum Gasteiger partial charge on any atom is -0.476 e. The van der Waals surface area contributed by atoms with Gasteiger partial charge in [0.2, 0.25) is 5.83 Å². The number of hydrogen-bond donors (Lipinski definition) is 1. The predicted molar refractivity (Wildman–Crippen MR) is 129 cm³/mol. The lowest BCUT2D eigenvalue weighted by molar-refractivity contribution is -0.134. The van der Waals surface area contributed by atoms with Crippen LogP contribution >= 0.6 is 23.7 Å². The molecule has 3 aliphatic rings. The molecule has 8 heteroatoms. The van der Waals surface area contributed by atoms with Crippen LogP contribution in [0.3, 0.4) is 0 Å². The van der Waals surface area contributed by atoms with Gasteiger partial charge in [-0.2, -0.15) is 4.39 Å². The van der Waals surface area contributed by atoms with Gasteiger partial charge < -0.3 is 14.7 Å². The van der Waals surface area contributed by atoms with Gasteiger partial charge in [-0.25, -0.2) is 9.10 Å². The number of hydrogen-bond acceptors (Lipinski definition) is 6. The quantitative estimate of drug-likeness (QED) is 0.206. The van der Waals surface area contributed by atoms with Crippen molar-refractivity contribution < 1.29 is 19.0 Å². The zero-order valence-corrected chi connectivity index (χ0v) is 20.7. The van der Waals surface area contributed by atoms with Crippen LogP contribution in [0, 0.1) is 11.8 Å². The molecule has 4 atom stereocenters. The molecule has 1 heterocycles. The standard InChI is InChI=1S/C24H33FN2O3S2/c1-4-5-6-17-13-27(19-10-15-7-8-16(19)9-15)20-11-23(31-3)21(12-22(20)32-26(17)2)30-14-18(25)24(28)29/h11-12,14-17,19H,4-10,13H2,1-3H3,(H,28,29)/b18-14-. The van der Waals surface area contributed by atoms with Gasteiger partial charge in [0, 0.05) is 18.6 Å². The Morgan fingerprint density at radius 2 is 2.19 bits per heavy atom. The molecule has 1 aromatic rings. The molecule has 0 aromatic heterocycles. The van der Waals surface area contributed by atoms with Crippen molar-refractivity contribution >= 4 is 35.4 Å². The molecule has 2 aliphatic carbocycles. The zero-order chi connectivity index (χ0) is 22.8. The molecule has 1 N–H and O–H groups in total. The highest BCUT2D eigenvalue weighted by Crippen LogP contribution is 2.51. The highest BCUT2D eigenvalue weighted by atomic mass is 32.2. The Hall–Kier alpha value is -1.38. The van der Waals surface area contributed by atoms with E-state index in [-0.39, 0.29) is 0 Å². The molecular formula is C24H33FN2O3S2. The smallest absolute Gasteiger partial charge is 0.368 e. The number of benzene rings is 1. The number of anilines is 1. The summed E-state index contributed by atoms with van der Waals surface area (Å²) in [5.41, 5.74) is 1.23. The molecule has 0 radical (unpaired) electrons. The summed E-state index contributed by atoms with van der Waals surface area (Å²) in [6, 6.07) is 5.15. The summed E-state index contributed by atoms with van der Waals surface area (Å²) in [4.78, 5) is 15.5. The van der Waals surface area contributed by atoms with E-state index in [1.165, 1.54) is 56.0 Å². The maximum absolute atomic E-state index is 13.5. The number of carboxylic acids is 1. The predicted octanol–water partition coefficient (Wildman–Crippen LogP) is 6.19.